The highest BCUT2D eigenvalue weighted by Gasteiger charge is 2.34. The van der Waals surface area contributed by atoms with Crippen LogP contribution < -0.4 is 5.32 Å². The highest BCUT2D eigenvalue weighted by molar-refractivity contribution is 6.33. The fraction of sp³-hybridized carbons (Fsp3) is 0.500. The van der Waals surface area contributed by atoms with Crippen molar-refractivity contribution in [2.45, 2.75) is 18.9 Å². The number of amides is 1. The summed E-state index contributed by atoms with van der Waals surface area (Å²) in [5.41, 5.74) is 0.396. The van der Waals surface area contributed by atoms with Crippen LogP contribution >= 0.6 is 11.6 Å². The summed E-state index contributed by atoms with van der Waals surface area (Å²) in [6, 6.07) is 4.49. The van der Waals surface area contributed by atoms with E-state index in [2.05, 4.69) is 5.32 Å². The minimum absolute atomic E-state index is 0.0876. The largest absolute Gasteiger partial charge is 0.338 e. The molecule has 0 bridgehead atoms. The number of benzene rings is 1. The molecule has 102 valence electrons. The van der Waals surface area contributed by atoms with E-state index >= 15 is 0 Å². The SMILES string of the molecule is O=C(c1ccc(F)cc1Cl)N1CCC2NCCC2C1. The summed E-state index contributed by atoms with van der Waals surface area (Å²) in [4.78, 5) is 14.3. The number of likely N-dealkylation sites (tertiary alicyclic amines) is 1. The molecule has 0 aromatic heterocycles. The molecule has 0 saturated carbocycles. The number of carbonyl (C=O) groups is 1. The number of rotatable bonds is 1. The molecule has 3 rings (SSSR count). The van der Waals surface area contributed by atoms with E-state index in [1.54, 1.807) is 0 Å². The molecule has 1 amide bonds. The molecule has 3 nitrogen and oxygen atoms in total. The van der Waals surface area contributed by atoms with Gasteiger partial charge in [0.1, 0.15) is 5.82 Å². The maximum atomic E-state index is 13.0. The van der Waals surface area contributed by atoms with Gasteiger partial charge in [-0.1, -0.05) is 11.6 Å². The summed E-state index contributed by atoms with van der Waals surface area (Å²) in [5.74, 6) is 0.0347. The van der Waals surface area contributed by atoms with Crippen molar-refractivity contribution in [3.63, 3.8) is 0 Å². The number of fused-ring (bicyclic) bond motifs is 1. The Kier molecular flexibility index (Phi) is 3.46. The zero-order chi connectivity index (χ0) is 13.4. The third kappa shape index (κ3) is 2.47. The maximum absolute atomic E-state index is 13.0. The standard InChI is InChI=1S/C14H16ClFN2O/c15-12-7-10(16)1-2-11(12)14(19)18-6-4-13-9(8-18)3-5-17-13/h1-2,7,9,13,17H,3-6,8H2. The minimum Gasteiger partial charge on any atom is -0.338 e. The number of hydrogen-bond donors (Lipinski definition) is 1. The van der Waals surface area contributed by atoms with Gasteiger partial charge < -0.3 is 10.2 Å². The first-order valence-electron chi connectivity index (χ1n) is 6.63. The summed E-state index contributed by atoms with van der Waals surface area (Å²) in [5, 5.41) is 3.65. The summed E-state index contributed by atoms with van der Waals surface area (Å²) in [6.07, 6.45) is 2.10. The topological polar surface area (TPSA) is 32.3 Å². The van der Waals surface area contributed by atoms with Crippen LogP contribution in [0.1, 0.15) is 23.2 Å². The Labute approximate surface area is 116 Å². The Morgan fingerprint density at radius 2 is 2.26 bits per heavy atom. The van der Waals surface area contributed by atoms with Gasteiger partial charge in [0.05, 0.1) is 10.6 Å². The molecule has 2 unspecified atom stereocenters. The van der Waals surface area contributed by atoms with Crippen LogP contribution in [0.5, 0.6) is 0 Å². The van der Waals surface area contributed by atoms with Gasteiger partial charge in [0.2, 0.25) is 0 Å². The highest BCUT2D eigenvalue weighted by Crippen LogP contribution is 2.27. The van der Waals surface area contributed by atoms with E-state index in [-0.39, 0.29) is 10.9 Å². The van der Waals surface area contributed by atoms with Gasteiger partial charge in [0.25, 0.3) is 5.91 Å². The lowest BCUT2D eigenvalue weighted by molar-refractivity contribution is 0.0662. The number of carbonyl (C=O) groups excluding carboxylic acids is 1. The average Bonchev–Trinajstić information content (AvgIpc) is 2.85. The van der Waals surface area contributed by atoms with Crippen molar-refractivity contribution in [2.24, 2.45) is 5.92 Å². The average molecular weight is 283 g/mol. The molecule has 1 aromatic rings. The molecule has 2 fully saturated rings. The molecule has 2 atom stereocenters. The van der Waals surface area contributed by atoms with E-state index in [0.29, 0.717) is 17.5 Å². The molecular formula is C14H16ClFN2O. The third-order valence-electron chi connectivity index (χ3n) is 4.10. The third-order valence-corrected chi connectivity index (χ3v) is 4.42. The minimum atomic E-state index is -0.416. The van der Waals surface area contributed by atoms with Crippen LogP contribution in [0.4, 0.5) is 4.39 Å². The first-order valence-corrected chi connectivity index (χ1v) is 7.00. The number of nitrogens with zero attached hydrogens (tertiary/aromatic N) is 1. The smallest absolute Gasteiger partial charge is 0.255 e. The van der Waals surface area contributed by atoms with Crippen LogP contribution in [-0.2, 0) is 0 Å². The number of nitrogens with one attached hydrogen (secondary N) is 1. The van der Waals surface area contributed by atoms with E-state index in [0.717, 1.165) is 32.5 Å². The van der Waals surface area contributed by atoms with Crippen LogP contribution in [-0.4, -0.2) is 36.5 Å². The molecule has 2 aliphatic rings. The Bertz CT molecular complexity index is 508. The summed E-state index contributed by atoms with van der Waals surface area (Å²) < 4.78 is 13.0. The van der Waals surface area contributed by atoms with Gasteiger partial charge in [-0.3, -0.25) is 4.79 Å². The lowest BCUT2D eigenvalue weighted by Crippen LogP contribution is -2.46. The molecule has 2 heterocycles. The van der Waals surface area contributed by atoms with Gasteiger partial charge >= 0.3 is 0 Å². The van der Waals surface area contributed by atoms with Crippen molar-refractivity contribution in [3.05, 3.63) is 34.6 Å². The fourth-order valence-electron chi connectivity index (χ4n) is 3.07. The fourth-order valence-corrected chi connectivity index (χ4v) is 3.31. The van der Waals surface area contributed by atoms with E-state index in [9.17, 15) is 9.18 Å². The predicted octanol–water partition coefficient (Wildman–Crippen LogP) is 2.30. The summed E-state index contributed by atoms with van der Waals surface area (Å²) in [7, 11) is 0. The van der Waals surface area contributed by atoms with Crippen molar-refractivity contribution < 1.29 is 9.18 Å². The van der Waals surface area contributed by atoms with Crippen molar-refractivity contribution in [1.29, 1.82) is 0 Å². The molecule has 5 heteroatoms. The van der Waals surface area contributed by atoms with E-state index in [1.165, 1.54) is 18.2 Å². The van der Waals surface area contributed by atoms with Gasteiger partial charge in [-0.15, -0.1) is 0 Å². The molecule has 1 N–H and O–H groups in total. The molecule has 0 spiro atoms. The molecule has 1 aromatic carbocycles. The second-order valence-corrected chi connectivity index (χ2v) is 5.68. The second-order valence-electron chi connectivity index (χ2n) is 5.27. The molecule has 2 saturated heterocycles. The lowest BCUT2D eigenvalue weighted by atomic mass is 9.93. The van der Waals surface area contributed by atoms with E-state index in [4.69, 9.17) is 11.6 Å². The zero-order valence-electron chi connectivity index (χ0n) is 10.5. The lowest BCUT2D eigenvalue weighted by Gasteiger charge is -2.35. The van der Waals surface area contributed by atoms with Gasteiger partial charge in [-0.2, -0.15) is 0 Å². The first-order chi connectivity index (χ1) is 9.15. The van der Waals surface area contributed by atoms with Gasteiger partial charge in [0, 0.05) is 19.1 Å². The van der Waals surface area contributed by atoms with Gasteiger partial charge in [-0.05, 0) is 43.5 Å². The number of piperidine rings is 1. The monoisotopic (exact) mass is 282 g/mol. The van der Waals surface area contributed by atoms with Crippen LogP contribution in [0.15, 0.2) is 18.2 Å². The molecule has 2 aliphatic heterocycles. The Balaban J connectivity index is 1.76. The van der Waals surface area contributed by atoms with Gasteiger partial charge in [-0.25, -0.2) is 4.39 Å². The predicted molar refractivity (Wildman–Crippen MR) is 71.8 cm³/mol. The Morgan fingerprint density at radius 1 is 1.42 bits per heavy atom. The zero-order valence-corrected chi connectivity index (χ0v) is 11.3. The van der Waals surface area contributed by atoms with Gasteiger partial charge in [0.15, 0.2) is 0 Å². The normalized spacial score (nSPS) is 26.3. The van der Waals surface area contributed by atoms with Crippen LogP contribution in [0.2, 0.25) is 5.02 Å². The van der Waals surface area contributed by atoms with Crippen LogP contribution in [0.25, 0.3) is 0 Å². The molecular weight excluding hydrogens is 267 g/mol. The first kappa shape index (κ1) is 12.9. The van der Waals surface area contributed by atoms with Crippen molar-refractivity contribution in [2.75, 3.05) is 19.6 Å². The Morgan fingerprint density at radius 3 is 3.05 bits per heavy atom. The summed E-state index contributed by atoms with van der Waals surface area (Å²) >= 11 is 5.96. The van der Waals surface area contributed by atoms with Crippen molar-refractivity contribution >= 4 is 17.5 Å². The second kappa shape index (κ2) is 5.10. The molecule has 0 aliphatic carbocycles. The molecule has 19 heavy (non-hydrogen) atoms. The number of hydrogen-bond acceptors (Lipinski definition) is 2. The molecule has 0 radical (unpaired) electrons. The van der Waals surface area contributed by atoms with Crippen molar-refractivity contribution in [3.8, 4) is 0 Å². The maximum Gasteiger partial charge on any atom is 0.255 e. The Hall–Kier alpha value is -1.13. The van der Waals surface area contributed by atoms with Crippen LogP contribution in [0, 0.1) is 11.7 Å². The quantitative estimate of drug-likeness (QED) is 0.857. The van der Waals surface area contributed by atoms with E-state index < -0.39 is 5.82 Å². The van der Waals surface area contributed by atoms with E-state index in [1.807, 2.05) is 4.90 Å². The van der Waals surface area contributed by atoms with Crippen LogP contribution in [0.3, 0.4) is 0 Å². The number of halogens is 2. The highest BCUT2D eigenvalue weighted by atomic mass is 35.5. The van der Waals surface area contributed by atoms with Crippen molar-refractivity contribution in [1.82, 2.24) is 10.2 Å². The summed E-state index contributed by atoms with van der Waals surface area (Å²) in [6.45, 7) is 2.54.